The van der Waals surface area contributed by atoms with Crippen LogP contribution in [-0.2, 0) is 0 Å². The Labute approximate surface area is 342 Å². The molecule has 59 heavy (non-hydrogen) atoms. The van der Waals surface area contributed by atoms with Crippen LogP contribution in [0.25, 0.3) is 106 Å². The molecular weight excluding hydrogens is 717 g/mol. The van der Waals surface area contributed by atoms with Gasteiger partial charge in [-0.3, -0.25) is 0 Å². The quantitative estimate of drug-likeness (QED) is 0.163. The Bertz CT molecular complexity index is 3260. The molecule has 0 bridgehead atoms. The van der Waals surface area contributed by atoms with Gasteiger partial charge in [-0.1, -0.05) is 176 Å². The molecular formula is C55H36N4. The molecule has 0 spiro atoms. The van der Waals surface area contributed by atoms with E-state index in [4.69, 9.17) is 15.0 Å². The summed E-state index contributed by atoms with van der Waals surface area (Å²) in [6.07, 6.45) is 0. The molecule has 4 nitrogen and oxygen atoms in total. The Hall–Kier alpha value is -7.95. The average molecular weight is 753 g/mol. The fourth-order valence-electron chi connectivity index (χ4n) is 8.31. The van der Waals surface area contributed by atoms with Crippen molar-refractivity contribution >= 4 is 32.6 Å². The maximum Gasteiger partial charge on any atom is 0.166 e. The van der Waals surface area contributed by atoms with Crippen molar-refractivity contribution in [3.05, 3.63) is 218 Å². The van der Waals surface area contributed by atoms with Crippen LogP contribution in [0.3, 0.4) is 0 Å². The van der Waals surface area contributed by atoms with E-state index in [9.17, 15) is 0 Å². The second-order valence-corrected chi connectivity index (χ2v) is 14.9. The van der Waals surface area contributed by atoms with Gasteiger partial charge in [0.2, 0.25) is 0 Å². The number of hydrogen-bond acceptors (Lipinski definition) is 3. The highest BCUT2D eigenvalue weighted by Gasteiger charge is 2.20. The van der Waals surface area contributed by atoms with Crippen LogP contribution in [0, 0.1) is 0 Å². The molecule has 0 fully saturated rings. The molecule has 0 N–H and O–H groups in total. The summed E-state index contributed by atoms with van der Waals surface area (Å²) in [4.78, 5) is 15.8. The fraction of sp³-hybridized carbons (Fsp3) is 0. The van der Waals surface area contributed by atoms with E-state index in [0.29, 0.717) is 17.5 Å². The van der Waals surface area contributed by atoms with Gasteiger partial charge in [-0.05, 0) is 86.6 Å². The zero-order valence-corrected chi connectivity index (χ0v) is 32.1. The van der Waals surface area contributed by atoms with Crippen molar-refractivity contribution in [2.24, 2.45) is 0 Å². The van der Waals surface area contributed by atoms with Gasteiger partial charge < -0.3 is 4.57 Å². The van der Waals surface area contributed by atoms with Crippen LogP contribution in [0.15, 0.2) is 218 Å². The molecule has 0 aliphatic carbocycles. The Morgan fingerprint density at radius 3 is 1.36 bits per heavy atom. The lowest BCUT2D eigenvalue weighted by Crippen LogP contribution is -2.04. The van der Waals surface area contributed by atoms with Crippen molar-refractivity contribution in [3.8, 4) is 73.2 Å². The summed E-state index contributed by atoms with van der Waals surface area (Å²) >= 11 is 0. The van der Waals surface area contributed by atoms with Crippen LogP contribution < -0.4 is 0 Å². The smallest absolute Gasteiger partial charge is 0.166 e. The van der Waals surface area contributed by atoms with E-state index in [2.05, 4.69) is 205 Å². The van der Waals surface area contributed by atoms with Gasteiger partial charge in [0.05, 0.1) is 16.7 Å². The highest BCUT2D eigenvalue weighted by molar-refractivity contribution is 6.09. The van der Waals surface area contributed by atoms with Gasteiger partial charge in [0.15, 0.2) is 17.5 Å². The highest BCUT2D eigenvalue weighted by atomic mass is 15.1. The number of benzene rings is 9. The van der Waals surface area contributed by atoms with Gasteiger partial charge in [-0.15, -0.1) is 0 Å². The molecule has 0 aliphatic rings. The summed E-state index contributed by atoms with van der Waals surface area (Å²) < 4.78 is 2.37. The van der Waals surface area contributed by atoms with Crippen LogP contribution in [0.1, 0.15) is 0 Å². The Balaban J connectivity index is 1.14. The summed E-state index contributed by atoms with van der Waals surface area (Å²) in [5, 5.41) is 4.67. The number of rotatable bonds is 7. The van der Waals surface area contributed by atoms with Crippen LogP contribution in [0.2, 0.25) is 0 Å². The molecule has 9 aromatic carbocycles. The molecule has 2 heterocycles. The molecule has 11 rings (SSSR count). The van der Waals surface area contributed by atoms with Crippen LogP contribution in [-0.4, -0.2) is 19.5 Å². The van der Waals surface area contributed by atoms with Crippen molar-refractivity contribution in [2.75, 3.05) is 0 Å². The zero-order valence-electron chi connectivity index (χ0n) is 32.1. The van der Waals surface area contributed by atoms with Crippen molar-refractivity contribution < 1.29 is 0 Å². The van der Waals surface area contributed by atoms with Crippen LogP contribution in [0.4, 0.5) is 0 Å². The summed E-state index contributed by atoms with van der Waals surface area (Å²) in [5.41, 5.74) is 12.9. The maximum atomic E-state index is 5.34. The molecule has 0 unspecified atom stereocenters. The molecule has 0 radical (unpaired) electrons. The molecule has 0 saturated carbocycles. The summed E-state index contributed by atoms with van der Waals surface area (Å²) in [6.45, 7) is 0. The maximum absolute atomic E-state index is 5.34. The normalized spacial score (nSPS) is 11.4. The predicted octanol–water partition coefficient (Wildman–Crippen LogP) is 14.1. The van der Waals surface area contributed by atoms with Crippen molar-refractivity contribution in [1.82, 2.24) is 19.5 Å². The van der Waals surface area contributed by atoms with Crippen LogP contribution in [0.5, 0.6) is 0 Å². The first-order valence-corrected chi connectivity index (χ1v) is 19.9. The van der Waals surface area contributed by atoms with E-state index in [0.717, 1.165) is 55.3 Å². The topological polar surface area (TPSA) is 43.6 Å². The minimum absolute atomic E-state index is 0.605. The number of para-hydroxylation sites is 2. The summed E-state index contributed by atoms with van der Waals surface area (Å²) in [7, 11) is 0. The molecule has 276 valence electrons. The molecule has 4 heteroatoms. The van der Waals surface area contributed by atoms with Gasteiger partial charge in [-0.2, -0.15) is 0 Å². The standard InChI is InChI=1S/C55H36N4/c1-4-15-37(16-5-1)41-21-14-22-42(33-41)44-31-32-49(52(36-44)59-50-25-12-10-23-47(50)48-24-11-13-26-51(48)59)55-57-53(40-19-8-3-9-20-40)56-54(58-55)45-30-28-39-27-29-43(34-46(39)35-45)38-17-6-2-7-18-38/h1-36H. The molecule has 0 amide bonds. The lowest BCUT2D eigenvalue weighted by molar-refractivity contribution is 1.06. The first-order chi connectivity index (χ1) is 29.2. The first-order valence-electron chi connectivity index (χ1n) is 19.9. The van der Waals surface area contributed by atoms with Crippen molar-refractivity contribution in [3.63, 3.8) is 0 Å². The third kappa shape index (κ3) is 6.34. The largest absolute Gasteiger partial charge is 0.308 e. The Morgan fingerprint density at radius 2 is 0.712 bits per heavy atom. The van der Waals surface area contributed by atoms with E-state index in [1.54, 1.807) is 0 Å². The molecule has 11 aromatic rings. The highest BCUT2D eigenvalue weighted by Crippen LogP contribution is 2.39. The number of nitrogens with zero attached hydrogens (tertiary/aromatic N) is 4. The van der Waals surface area contributed by atoms with Crippen molar-refractivity contribution in [1.29, 1.82) is 0 Å². The Kier molecular flexibility index (Phi) is 8.45. The van der Waals surface area contributed by atoms with E-state index in [-0.39, 0.29) is 0 Å². The van der Waals surface area contributed by atoms with Gasteiger partial charge in [-0.25, -0.2) is 15.0 Å². The van der Waals surface area contributed by atoms with Gasteiger partial charge in [0.1, 0.15) is 0 Å². The number of hydrogen-bond donors (Lipinski definition) is 0. The fourth-order valence-corrected chi connectivity index (χ4v) is 8.31. The average Bonchev–Trinajstić information content (AvgIpc) is 3.66. The Morgan fingerprint density at radius 1 is 0.271 bits per heavy atom. The second-order valence-electron chi connectivity index (χ2n) is 14.9. The number of aromatic nitrogens is 4. The van der Waals surface area contributed by atoms with E-state index in [1.807, 2.05) is 18.2 Å². The van der Waals surface area contributed by atoms with Crippen molar-refractivity contribution in [2.45, 2.75) is 0 Å². The van der Waals surface area contributed by atoms with E-state index in [1.165, 1.54) is 33.0 Å². The van der Waals surface area contributed by atoms with Crippen LogP contribution >= 0.6 is 0 Å². The first kappa shape index (κ1) is 34.3. The molecule has 0 aliphatic heterocycles. The minimum Gasteiger partial charge on any atom is -0.308 e. The lowest BCUT2D eigenvalue weighted by Gasteiger charge is -2.17. The monoisotopic (exact) mass is 752 g/mol. The molecule has 0 atom stereocenters. The minimum atomic E-state index is 0.605. The van der Waals surface area contributed by atoms with Gasteiger partial charge in [0, 0.05) is 27.5 Å². The number of fused-ring (bicyclic) bond motifs is 4. The van der Waals surface area contributed by atoms with E-state index >= 15 is 0 Å². The van der Waals surface area contributed by atoms with E-state index < -0.39 is 0 Å². The van der Waals surface area contributed by atoms with Gasteiger partial charge in [0.25, 0.3) is 0 Å². The summed E-state index contributed by atoms with van der Waals surface area (Å²) in [6, 6.07) is 77.1. The molecule has 2 aromatic heterocycles. The third-order valence-corrected chi connectivity index (χ3v) is 11.2. The SMILES string of the molecule is c1ccc(-c2cccc(-c3ccc(-c4nc(-c5ccccc5)nc(-c5ccc6ccc(-c7ccccc7)cc6c5)n4)c(-n4c5ccccc5c5ccccc54)c3)c2)cc1. The molecule has 0 saturated heterocycles. The predicted molar refractivity (Wildman–Crippen MR) is 244 cm³/mol. The van der Waals surface area contributed by atoms with Gasteiger partial charge >= 0.3 is 0 Å². The summed E-state index contributed by atoms with van der Waals surface area (Å²) in [5.74, 6) is 1.85. The zero-order chi connectivity index (χ0) is 39.1. The second kappa shape index (κ2) is 14.5. The lowest BCUT2D eigenvalue weighted by atomic mass is 9.97. The third-order valence-electron chi connectivity index (χ3n) is 11.2.